The van der Waals surface area contributed by atoms with Crippen LogP contribution in [0.3, 0.4) is 0 Å². The van der Waals surface area contributed by atoms with Crippen molar-refractivity contribution >= 4 is 21.8 Å². The maximum atomic E-state index is 12.2. The molecule has 4 nitrogen and oxygen atoms in total. The monoisotopic (exact) mass is 354 g/mol. The first kappa shape index (κ1) is 16.3. The standard InChI is InChI=1S/C16H23BrN2O2/c1-18-11-13-10-14(17)6-7-15(13)21-12-16(20)19-8-4-2-3-5-9-19/h6-7,10,18H,2-5,8-9,11-12H2,1H3. The van der Waals surface area contributed by atoms with Crippen LogP contribution in [0.25, 0.3) is 0 Å². The number of carbonyl (C=O) groups is 1. The van der Waals surface area contributed by atoms with E-state index in [1.165, 1.54) is 12.8 Å². The fraction of sp³-hybridized carbons (Fsp3) is 0.562. The van der Waals surface area contributed by atoms with Crippen molar-refractivity contribution < 1.29 is 9.53 Å². The van der Waals surface area contributed by atoms with Crippen LogP contribution in [-0.2, 0) is 11.3 Å². The van der Waals surface area contributed by atoms with E-state index in [0.717, 1.165) is 41.7 Å². The van der Waals surface area contributed by atoms with Gasteiger partial charge in [-0.1, -0.05) is 28.8 Å². The highest BCUT2D eigenvalue weighted by molar-refractivity contribution is 9.10. The number of amides is 1. The van der Waals surface area contributed by atoms with Crippen molar-refractivity contribution in [2.45, 2.75) is 32.2 Å². The highest BCUT2D eigenvalue weighted by atomic mass is 79.9. The summed E-state index contributed by atoms with van der Waals surface area (Å²) in [5.41, 5.74) is 1.05. The second-order valence-electron chi connectivity index (χ2n) is 5.37. The van der Waals surface area contributed by atoms with Crippen molar-refractivity contribution in [3.05, 3.63) is 28.2 Å². The Balaban J connectivity index is 1.93. The van der Waals surface area contributed by atoms with Crippen molar-refractivity contribution in [3.8, 4) is 5.75 Å². The molecule has 0 aliphatic carbocycles. The average Bonchev–Trinajstić information content (AvgIpc) is 2.75. The van der Waals surface area contributed by atoms with Crippen LogP contribution >= 0.6 is 15.9 Å². The summed E-state index contributed by atoms with van der Waals surface area (Å²) in [6.45, 7) is 2.57. The second kappa shape index (κ2) is 8.39. The molecule has 1 N–H and O–H groups in total. The molecular weight excluding hydrogens is 332 g/mol. The van der Waals surface area contributed by atoms with Crippen LogP contribution < -0.4 is 10.1 Å². The zero-order valence-corrected chi connectivity index (χ0v) is 14.1. The molecule has 1 aliphatic rings. The third kappa shape index (κ3) is 5.00. The average molecular weight is 355 g/mol. The molecule has 21 heavy (non-hydrogen) atoms. The Labute approximate surface area is 135 Å². The summed E-state index contributed by atoms with van der Waals surface area (Å²) in [5, 5.41) is 3.11. The third-order valence-electron chi connectivity index (χ3n) is 3.70. The van der Waals surface area contributed by atoms with Crippen molar-refractivity contribution in [2.24, 2.45) is 0 Å². The number of benzene rings is 1. The number of hydrogen-bond acceptors (Lipinski definition) is 3. The first-order chi connectivity index (χ1) is 10.2. The van der Waals surface area contributed by atoms with Gasteiger partial charge in [-0.05, 0) is 38.1 Å². The van der Waals surface area contributed by atoms with E-state index in [1.54, 1.807) is 0 Å². The van der Waals surface area contributed by atoms with Crippen LogP contribution in [0.1, 0.15) is 31.2 Å². The summed E-state index contributed by atoms with van der Waals surface area (Å²) in [5.74, 6) is 0.867. The molecule has 1 amide bonds. The van der Waals surface area contributed by atoms with Crippen molar-refractivity contribution in [1.29, 1.82) is 0 Å². The molecule has 1 fully saturated rings. The van der Waals surface area contributed by atoms with E-state index < -0.39 is 0 Å². The Morgan fingerprint density at radius 1 is 1.29 bits per heavy atom. The van der Waals surface area contributed by atoms with E-state index in [4.69, 9.17) is 4.74 Å². The molecule has 1 aromatic carbocycles. The van der Waals surface area contributed by atoms with Gasteiger partial charge in [0.1, 0.15) is 5.75 Å². The maximum Gasteiger partial charge on any atom is 0.260 e. The summed E-state index contributed by atoms with van der Waals surface area (Å²) in [6.07, 6.45) is 4.66. The lowest BCUT2D eigenvalue weighted by atomic mass is 10.2. The molecule has 5 heteroatoms. The highest BCUT2D eigenvalue weighted by Crippen LogP contribution is 2.23. The molecule has 2 rings (SSSR count). The molecule has 1 heterocycles. The molecule has 1 aromatic rings. The first-order valence-corrected chi connectivity index (χ1v) is 8.33. The molecule has 1 saturated heterocycles. The van der Waals surface area contributed by atoms with Gasteiger partial charge in [0, 0.05) is 29.7 Å². The van der Waals surface area contributed by atoms with E-state index in [9.17, 15) is 4.79 Å². The van der Waals surface area contributed by atoms with Gasteiger partial charge in [0.05, 0.1) is 0 Å². The maximum absolute atomic E-state index is 12.2. The van der Waals surface area contributed by atoms with E-state index in [-0.39, 0.29) is 12.5 Å². The lowest BCUT2D eigenvalue weighted by Crippen LogP contribution is -2.35. The zero-order chi connectivity index (χ0) is 15.1. The number of carbonyl (C=O) groups excluding carboxylic acids is 1. The number of nitrogens with zero attached hydrogens (tertiary/aromatic N) is 1. The van der Waals surface area contributed by atoms with Gasteiger partial charge in [0.25, 0.3) is 5.91 Å². The number of ether oxygens (including phenoxy) is 1. The van der Waals surface area contributed by atoms with Gasteiger partial charge in [0.15, 0.2) is 6.61 Å². The number of rotatable bonds is 5. The highest BCUT2D eigenvalue weighted by Gasteiger charge is 2.16. The number of halogens is 1. The molecule has 0 saturated carbocycles. The molecule has 0 radical (unpaired) electrons. The summed E-state index contributed by atoms with van der Waals surface area (Å²) in [4.78, 5) is 14.2. The van der Waals surface area contributed by atoms with Crippen LogP contribution in [0.5, 0.6) is 5.75 Å². The van der Waals surface area contributed by atoms with Crippen LogP contribution in [-0.4, -0.2) is 37.6 Å². The minimum Gasteiger partial charge on any atom is -0.483 e. The molecule has 0 unspecified atom stereocenters. The number of likely N-dealkylation sites (tertiary alicyclic amines) is 1. The van der Waals surface area contributed by atoms with Crippen molar-refractivity contribution in [2.75, 3.05) is 26.7 Å². The van der Waals surface area contributed by atoms with Crippen molar-refractivity contribution in [1.82, 2.24) is 10.2 Å². The molecular formula is C16H23BrN2O2. The Kier molecular flexibility index (Phi) is 6.51. The normalized spacial score (nSPS) is 15.6. The van der Waals surface area contributed by atoms with Gasteiger partial charge in [-0.2, -0.15) is 0 Å². The Bertz CT molecular complexity index is 471. The van der Waals surface area contributed by atoms with E-state index in [1.807, 2.05) is 30.1 Å². The fourth-order valence-corrected chi connectivity index (χ4v) is 2.98. The van der Waals surface area contributed by atoms with E-state index >= 15 is 0 Å². The molecule has 0 atom stereocenters. The molecule has 0 aromatic heterocycles. The van der Waals surface area contributed by atoms with Gasteiger partial charge in [-0.3, -0.25) is 4.79 Å². The van der Waals surface area contributed by atoms with Crippen LogP contribution in [0.2, 0.25) is 0 Å². The predicted molar refractivity (Wildman–Crippen MR) is 87.4 cm³/mol. The SMILES string of the molecule is CNCc1cc(Br)ccc1OCC(=O)N1CCCCCC1. The molecule has 0 bridgehead atoms. The van der Waals surface area contributed by atoms with Crippen molar-refractivity contribution in [3.63, 3.8) is 0 Å². The Hall–Kier alpha value is -1.07. The van der Waals surface area contributed by atoms with Gasteiger partial charge in [0.2, 0.25) is 0 Å². The lowest BCUT2D eigenvalue weighted by molar-refractivity contribution is -0.133. The van der Waals surface area contributed by atoms with Crippen LogP contribution in [0.4, 0.5) is 0 Å². The minimum atomic E-state index is 0.0928. The Morgan fingerprint density at radius 2 is 2.00 bits per heavy atom. The third-order valence-corrected chi connectivity index (χ3v) is 4.19. The smallest absolute Gasteiger partial charge is 0.260 e. The molecule has 116 valence electrons. The summed E-state index contributed by atoms with van der Waals surface area (Å²) in [6, 6.07) is 5.86. The van der Waals surface area contributed by atoms with Gasteiger partial charge in [-0.25, -0.2) is 0 Å². The van der Waals surface area contributed by atoms with Crippen LogP contribution in [0.15, 0.2) is 22.7 Å². The predicted octanol–water partition coefficient (Wildman–Crippen LogP) is 2.95. The summed E-state index contributed by atoms with van der Waals surface area (Å²) < 4.78 is 6.76. The zero-order valence-electron chi connectivity index (χ0n) is 12.5. The second-order valence-corrected chi connectivity index (χ2v) is 6.28. The van der Waals surface area contributed by atoms with E-state index in [2.05, 4.69) is 21.2 Å². The van der Waals surface area contributed by atoms with Gasteiger partial charge >= 0.3 is 0 Å². The van der Waals surface area contributed by atoms with Gasteiger partial charge in [-0.15, -0.1) is 0 Å². The topological polar surface area (TPSA) is 41.6 Å². The largest absolute Gasteiger partial charge is 0.483 e. The number of hydrogen-bond donors (Lipinski definition) is 1. The minimum absolute atomic E-state index is 0.0928. The molecule has 1 aliphatic heterocycles. The fourth-order valence-electron chi connectivity index (χ4n) is 2.57. The van der Waals surface area contributed by atoms with E-state index in [0.29, 0.717) is 6.54 Å². The number of nitrogens with one attached hydrogen (secondary N) is 1. The quantitative estimate of drug-likeness (QED) is 0.883. The van der Waals surface area contributed by atoms with Gasteiger partial charge < -0.3 is 15.0 Å². The Morgan fingerprint density at radius 3 is 2.67 bits per heavy atom. The molecule has 0 spiro atoms. The lowest BCUT2D eigenvalue weighted by Gasteiger charge is -2.21. The van der Waals surface area contributed by atoms with Crippen LogP contribution in [0, 0.1) is 0 Å². The summed E-state index contributed by atoms with van der Waals surface area (Å²) >= 11 is 3.46. The first-order valence-electron chi connectivity index (χ1n) is 7.54. The summed E-state index contributed by atoms with van der Waals surface area (Å²) in [7, 11) is 1.90.